The zero-order chi connectivity index (χ0) is 13.8. The molecule has 0 bridgehead atoms. The van der Waals surface area contributed by atoms with E-state index in [4.69, 9.17) is 10.6 Å². The second kappa shape index (κ2) is 5.98. The fourth-order valence-electron chi connectivity index (χ4n) is 2.21. The lowest BCUT2D eigenvalue weighted by Crippen LogP contribution is -2.51. The first-order chi connectivity index (χ1) is 9.17. The Balaban J connectivity index is 2.21. The number of piperazine rings is 1. The maximum Gasteiger partial charge on any atom is 0.322 e. The maximum absolute atomic E-state index is 5.36. The third kappa shape index (κ3) is 3.02. The quantitative estimate of drug-likeness (QED) is 0.567. The van der Waals surface area contributed by atoms with Gasteiger partial charge in [-0.25, -0.2) is 5.84 Å². The van der Waals surface area contributed by atoms with Gasteiger partial charge >= 0.3 is 6.01 Å². The van der Waals surface area contributed by atoms with Crippen LogP contribution in [-0.4, -0.2) is 59.7 Å². The molecule has 1 aromatic rings. The highest BCUT2D eigenvalue weighted by molar-refractivity contribution is 5.38. The van der Waals surface area contributed by atoms with E-state index in [1.807, 2.05) is 0 Å². The molecule has 1 aliphatic heterocycles. The Hall–Kier alpha value is -1.67. The molecule has 2 heterocycles. The first-order valence-electron chi connectivity index (χ1n) is 6.39. The number of nitrogens with one attached hydrogen (secondary N) is 1. The molecule has 1 aliphatic rings. The van der Waals surface area contributed by atoms with Gasteiger partial charge in [0.25, 0.3) is 0 Å². The van der Waals surface area contributed by atoms with E-state index in [1.54, 1.807) is 0 Å². The average Bonchev–Trinajstić information content (AvgIpc) is 2.47. The number of likely N-dealkylation sites (N-methyl/N-ethyl adjacent to an activating group) is 1. The zero-order valence-corrected chi connectivity index (χ0v) is 11.6. The number of nitrogen functional groups attached to an aromatic ring is 1. The molecule has 0 aromatic carbocycles. The Morgan fingerprint density at radius 2 is 2.16 bits per heavy atom. The molecule has 106 valence electrons. The van der Waals surface area contributed by atoms with E-state index in [0.717, 1.165) is 26.1 Å². The van der Waals surface area contributed by atoms with Gasteiger partial charge in [-0.3, -0.25) is 10.3 Å². The summed E-state index contributed by atoms with van der Waals surface area (Å²) in [6.07, 6.45) is 1.09. The van der Waals surface area contributed by atoms with Crippen LogP contribution in [0.3, 0.4) is 0 Å². The monoisotopic (exact) mass is 267 g/mol. The van der Waals surface area contributed by atoms with Gasteiger partial charge in [0.15, 0.2) is 0 Å². The summed E-state index contributed by atoms with van der Waals surface area (Å²) in [4.78, 5) is 17.1. The molecule has 3 N–H and O–H groups in total. The Labute approximate surface area is 112 Å². The van der Waals surface area contributed by atoms with Crippen LogP contribution in [-0.2, 0) is 0 Å². The molecule has 1 unspecified atom stereocenters. The number of methoxy groups -OCH3 is 1. The van der Waals surface area contributed by atoms with Crippen LogP contribution in [0.5, 0.6) is 6.01 Å². The lowest BCUT2D eigenvalue weighted by atomic mass is 10.1. The van der Waals surface area contributed by atoms with Crippen molar-refractivity contribution in [3.05, 3.63) is 0 Å². The van der Waals surface area contributed by atoms with Crippen LogP contribution in [0, 0.1) is 0 Å². The van der Waals surface area contributed by atoms with Gasteiger partial charge in [0.1, 0.15) is 0 Å². The van der Waals surface area contributed by atoms with Crippen molar-refractivity contribution in [2.45, 2.75) is 19.4 Å². The second-order valence-electron chi connectivity index (χ2n) is 4.58. The molecule has 0 amide bonds. The smallest absolute Gasteiger partial charge is 0.322 e. The summed E-state index contributed by atoms with van der Waals surface area (Å²) in [6, 6.07) is 0.774. The van der Waals surface area contributed by atoms with Crippen LogP contribution < -0.4 is 20.9 Å². The number of nitrogens with two attached hydrogens (primary N) is 1. The Kier molecular flexibility index (Phi) is 4.33. The molecule has 1 saturated heterocycles. The lowest BCUT2D eigenvalue weighted by molar-refractivity contribution is 0.212. The molecule has 0 spiro atoms. The van der Waals surface area contributed by atoms with E-state index in [0.29, 0.717) is 17.9 Å². The van der Waals surface area contributed by atoms with Crippen molar-refractivity contribution in [3.8, 4) is 6.01 Å². The maximum atomic E-state index is 5.36. The highest BCUT2D eigenvalue weighted by Crippen LogP contribution is 2.19. The summed E-state index contributed by atoms with van der Waals surface area (Å²) < 4.78 is 5.07. The van der Waals surface area contributed by atoms with Crippen molar-refractivity contribution in [2.24, 2.45) is 5.84 Å². The summed E-state index contributed by atoms with van der Waals surface area (Å²) in [5.41, 5.74) is 2.44. The SMILES string of the molecule is CCC1CN(c2nc(NN)nc(OC)n2)CCN1C. The van der Waals surface area contributed by atoms with Crippen LogP contribution in [0.1, 0.15) is 13.3 Å². The molecule has 0 aliphatic carbocycles. The van der Waals surface area contributed by atoms with Gasteiger partial charge in [-0.2, -0.15) is 15.0 Å². The molecular formula is C11H21N7O. The van der Waals surface area contributed by atoms with E-state index in [2.05, 4.69) is 44.1 Å². The summed E-state index contributed by atoms with van der Waals surface area (Å²) in [6.45, 7) is 4.94. The van der Waals surface area contributed by atoms with Crippen molar-refractivity contribution < 1.29 is 4.74 Å². The van der Waals surface area contributed by atoms with E-state index in [-0.39, 0.29) is 6.01 Å². The third-order valence-corrected chi connectivity index (χ3v) is 3.45. The predicted molar refractivity (Wildman–Crippen MR) is 73.1 cm³/mol. The highest BCUT2D eigenvalue weighted by atomic mass is 16.5. The summed E-state index contributed by atoms with van der Waals surface area (Å²) in [5, 5.41) is 0. The van der Waals surface area contributed by atoms with E-state index in [9.17, 15) is 0 Å². The molecule has 2 rings (SSSR count). The topological polar surface area (TPSA) is 92.4 Å². The second-order valence-corrected chi connectivity index (χ2v) is 4.58. The fourth-order valence-corrected chi connectivity index (χ4v) is 2.21. The van der Waals surface area contributed by atoms with Crippen LogP contribution in [0.25, 0.3) is 0 Å². The first-order valence-corrected chi connectivity index (χ1v) is 6.39. The van der Waals surface area contributed by atoms with Crippen LogP contribution in [0.4, 0.5) is 11.9 Å². The number of anilines is 2. The number of rotatable bonds is 4. The van der Waals surface area contributed by atoms with Crippen molar-refractivity contribution in [1.29, 1.82) is 0 Å². The molecule has 8 nitrogen and oxygen atoms in total. The third-order valence-electron chi connectivity index (χ3n) is 3.45. The van der Waals surface area contributed by atoms with Gasteiger partial charge in [-0.1, -0.05) is 6.92 Å². The minimum atomic E-state index is 0.268. The number of aromatic nitrogens is 3. The summed E-state index contributed by atoms with van der Waals surface area (Å²) in [7, 11) is 3.67. The average molecular weight is 267 g/mol. The summed E-state index contributed by atoms with van der Waals surface area (Å²) in [5.74, 6) is 6.28. The highest BCUT2D eigenvalue weighted by Gasteiger charge is 2.25. The van der Waals surface area contributed by atoms with Gasteiger partial charge < -0.3 is 9.64 Å². The number of nitrogens with zero attached hydrogens (tertiary/aromatic N) is 5. The van der Waals surface area contributed by atoms with Gasteiger partial charge in [0.2, 0.25) is 11.9 Å². The van der Waals surface area contributed by atoms with Crippen molar-refractivity contribution in [3.63, 3.8) is 0 Å². The standard InChI is InChI=1S/C11H21N7O/c1-4-8-7-18(6-5-17(8)2)10-13-9(16-12)14-11(15-10)19-3/h8H,4-7,12H2,1-3H3,(H,13,14,15,16). The molecule has 0 saturated carbocycles. The molecule has 19 heavy (non-hydrogen) atoms. The van der Waals surface area contributed by atoms with Crippen molar-refractivity contribution in [2.75, 3.05) is 44.1 Å². The Morgan fingerprint density at radius 3 is 2.79 bits per heavy atom. The van der Waals surface area contributed by atoms with Crippen LogP contribution in [0.15, 0.2) is 0 Å². The van der Waals surface area contributed by atoms with Gasteiger partial charge in [-0.15, -0.1) is 0 Å². The number of ether oxygens (including phenoxy) is 1. The van der Waals surface area contributed by atoms with Crippen LogP contribution in [0.2, 0.25) is 0 Å². The van der Waals surface area contributed by atoms with E-state index in [1.165, 1.54) is 7.11 Å². The van der Waals surface area contributed by atoms with Gasteiger partial charge in [0.05, 0.1) is 7.11 Å². The molecule has 1 fully saturated rings. The zero-order valence-electron chi connectivity index (χ0n) is 11.6. The van der Waals surface area contributed by atoms with E-state index < -0.39 is 0 Å². The van der Waals surface area contributed by atoms with Crippen molar-refractivity contribution in [1.82, 2.24) is 19.9 Å². The largest absolute Gasteiger partial charge is 0.467 e. The Bertz CT molecular complexity index is 405. The predicted octanol–water partition coefficient (Wildman–Crippen LogP) is -0.304. The summed E-state index contributed by atoms with van der Waals surface area (Å²) >= 11 is 0. The van der Waals surface area contributed by atoms with Crippen molar-refractivity contribution >= 4 is 11.9 Å². The Morgan fingerprint density at radius 1 is 1.37 bits per heavy atom. The van der Waals surface area contributed by atoms with Crippen LogP contribution >= 0.6 is 0 Å². The number of hydrogen-bond donors (Lipinski definition) is 2. The molecule has 1 aromatic heterocycles. The molecule has 8 heteroatoms. The van der Waals surface area contributed by atoms with Gasteiger partial charge in [-0.05, 0) is 13.5 Å². The number of hydrazine groups is 1. The minimum Gasteiger partial charge on any atom is -0.467 e. The fraction of sp³-hybridized carbons (Fsp3) is 0.727. The molecular weight excluding hydrogens is 246 g/mol. The minimum absolute atomic E-state index is 0.268. The van der Waals surface area contributed by atoms with Gasteiger partial charge in [0, 0.05) is 25.7 Å². The lowest BCUT2D eigenvalue weighted by Gasteiger charge is -2.39. The molecule has 1 atom stereocenters. The van der Waals surface area contributed by atoms with E-state index >= 15 is 0 Å². The first kappa shape index (κ1) is 13.8. The normalized spacial score (nSPS) is 20.4. The molecule has 0 radical (unpaired) electrons. The number of hydrogen-bond acceptors (Lipinski definition) is 8.